The van der Waals surface area contributed by atoms with Crippen molar-refractivity contribution in [1.29, 1.82) is 0 Å². The number of amides is 1. The summed E-state index contributed by atoms with van der Waals surface area (Å²) < 4.78 is 44.5. The Morgan fingerprint density at radius 1 is 0.944 bits per heavy atom. The molecule has 3 rings (SSSR count). The summed E-state index contributed by atoms with van der Waals surface area (Å²) in [5.41, 5.74) is 0.838. The minimum Gasteiger partial charge on any atom is -0.489 e. The first kappa shape index (κ1) is 27.2. The van der Waals surface area contributed by atoms with Crippen molar-refractivity contribution in [2.75, 3.05) is 20.2 Å². The highest BCUT2D eigenvalue weighted by Crippen LogP contribution is 2.23. The fourth-order valence-electron chi connectivity index (χ4n) is 3.56. The minimum atomic E-state index is -4.39. The lowest BCUT2D eigenvalue weighted by Crippen LogP contribution is -2.53. The van der Waals surface area contributed by atoms with E-state index in [4.69, 9.17) is 14.2 Å². The Morgan fingerprint density at radius 3 is 2.19 bits per heavy atom. The molecule has 36 heavy (non-hydrogen) atoms. The van der Waals surface area contributed by atoms with Gasteiger partial charge in [0, 0.05) is 6.54 Å². The van der Waals surface area contributed by atoms with Crippen molar-refractivity contribution in [2.24, 2.45) is 0 Å². The molecule has 0 unspecified atom stereocenters. The topological polar surface area (TPSA) is 102 Å². The lowest BCUT2D eigenvalue weighted by atomic mass is 10.1. The van der Waals surface area contributed by atoms with Crippen molar-refractivity contribution in [3.63, 3.8) is 0 Å². The zero-order valence-corrected chi connectivity index (χ0v) is 21.7. The van der Waals surface area contributed by atoms with Gasteiger partial charge in [0.25, 0.3) is 0 Å². The van der Waals surface area contributed by atoms with Crippen LogP contribution in [-0.2, 0) is 37.5 Å². The SMILES string of the molecule is COC(=O)[C@H](Cc1ccc(OCc2ccccc2)cc1)N1CC=CCN(C(=O)OC(C)(C)C)S1(=O)=O. The van der Waals surface area contributed by atoms with Crippen LogP contribution in [0.3, 0.4) is 0 Å². The van der Waals surface area contributed by atoms with Gasteiger partial charge in [-0.25, -0.2) is 4.79 Å². The van der Waals surface area contributed by atoms with Gasteiger partial charge in [-0.15, -0.1) is 0 Å². The van der Waals surface area contributed by atoms with Crippen LogP contribution in [0, 0.1) is 0 Å². The Labute approximate surface area is 212 Å². The Kier molecular flexibility index (Phi) is 8.75. The van der Waals surface area contributed by atoms with Crippen LogP contribution in [0.5, 0.6) is 5.75 Å². The summed E-state index contributed by atoms with van der Waals surface area (Å²) in [6, 6.07) is 15.6. The third-order valence-electron chi connectivity index (χ3n) is 5.32. The highest BCUT2D eigenvalue weighted by Gasteiger charge is 2.42. The molecule has 1 heterocycles. The lowest BCUT2D eigenvalue weighted by molar-refractivity contribution is -0.145. The summed E-state index contributed by atoms with van der Waals surface area (Å²) in [5.74, 6) is -0.0962. The number of hydrogen-bond acceptors (Lipinski definition) is 7. The smallest absolute Gasteiger partial charge is 0.425 e. The molecule has 194 valence electrons. The number of methoxy groups -OCH3 is 1. The second-order valence-electron chi connectivity index (χ2n) is 9.22. The highest BCUT2D eigenvalue weighted by molar-refractivity contribution is 7.87. The first-order valence-electron chi connectivity index (χ1n) is 11.5. The summed E-state index contributed by atoms with van der Waals surface area (Å²) >= 11 is 0. The monoisotopic (exact) mass is 516 g/mol. The molecule has 1 aliphatic heterocycles. The number of nitrogens with zero attached hydrogens (tertiary/aromatic N) is 2. The van der Waals surface area contributed by atoms with Crippen molar-refractivity contribution < 1.29 is 32.2 Å². The predicted octanol–water partition coefficient (Wildman–Crippen LogP) is 3.70. The van der Waals surface area contributed by atoms with Crippen LogP contribution in [0.4, 0.5) is 4.79 Å². The van der Waals surface area contributed by atoms with Gasteiger partial charge < -0.3 is 14.2 Å². The standard InChI is InChI=1S/C26H32N2O7S/c1-26(2,3)35-25(30)28-17-9-8-16-27(36(28,31)32)23(24(29)33-4)18-20-12-14-22(15-13-20)34-19-21-10-6-5-7-11-21/h5-15,23H,16-19H2,1-4H3/t23-/m0/s1. The van der Waals surface area contributed by atoms with Crippen LogP contribution in [0.25, 0.3) is 0 Å². The van der Waals surface area contributed by atoms with E-state index in [1.165, 1.54) is 7.11 Å². The predicted molar refractivity (Wildman–Crippen MR) is 134 cm³/mol. The Hall–Kier alpha value is -3.37. The lowest BCUT2D eigenvalue weighted by Gasteiger charge is -2.32. The van der Waals surface area contributed by atoms with E-state index in [9.17, 15) is 18.0 Å². The van der Waals surface area contributed by atoms with Gasteiger partial charge in [-0.3, -0.25) is 4.79 Å². The van der Waals surface area contributed by atoms with Gasteiger partial charge in [0.1, 0.15) is 24.0 Å². The summed E-state index contributed by atoms with van der Waals surface area (Å²) in [6.07, 6.45) is 2.18. The molecule has 0 aromatic heterocycles. The van der Waals surface area contributed by atoms with Crippen LogP contribution >= 0.6 is 0 Å². The van der Waals surface area contributed by atoms with Crippen LogP contribution in [0.1, 0.15) is 31.9 Å². The van der Waals surface area contributed by atoms with Gasteiger partial charge in [-0.05, 0) is 50.5 Å². The molecule has 10 heteroatoms. The molecule has 0 saturated heterocycles. The zero-order chi connectivity index (χ0) is 26.3. The van der Waals surface area contributed by atoms with Crippen molar-refractivity contribution in [3.8, 4) is 5.75 Å². The molecule has 2 aromatic carbocycles. The summed E-state index contributed by atoms with van der Waals surface area (Å²) in [4.78, 5) is 25.4. The molecule has 0 fully saturated rings. The molecule has 2 aromatic rings. The van der Waals surface area contributed by atoms with Crippen LogP contribution in [0.15, 0.2) is 66.7 Å². The van der Waals surface area contributed by atoms with Gasteiger partial charge in [-0.2, -0.15) is 17.0 Å². The molecule has 0 bridgehead atoms. The summed E-state index contributed by atoms with van der Waals surface area (Å²) in [7, 11) is -3.19. The Bertz CT molecular complexity index is 1170. The maximum absolute atomic E-state index is 13.5. The van der Waals surface area contributed by atoms with E-state index in [1.54, 1.807) is 57.2 Å². The van der Waals surface area contributed by atoms with Crippen molar-refractivity contribution in [2.45, 2.75) is 45.4 Å². The molecule has 9 nitrogen and oxygen atoms in total. The second-order valence-corrected chi connectivity index (χ2v) is 11.0. The third kappa shape index (κ3) is 7.08. The van der Waals surface area contributed by atoms with Gasteiger partial charge in [0.2, 0.25) is 0 Å². The van der Waals surface area contributed by atoms with Crippen LogP contribution < -0.4 is 4.74 Å². The highest BCUT2D eigenvalue weighted by atomic mass is 32.2. The number of ether oxygens (including phenoxy) is 3. The molecule has 1 atom stereocenters. The van der Waals surface area contributed by atoms with E-state index in [2.05, 4.69) is 0 Å². The van der Waals surface area contributed by atoms with Gasteiger partial charge in [-0.1, -0.05) is 54.6 Å². The zero-order valence-electron chi connectivity index (χ0n) is 20.9. The number of rotatable bonds is 7. The quantitative estimate of drug-likeness (QED) is 0.408. The van der Waals surface area contributed by atoms with Crippen LogP contribution in [0.2, 0.25) is 0 Å². The van der Waals surface area contributed by atoms with Gasteiger partial charge in [0.15, 0.2) is 0 Å². The fourth-order valence-corrected chi connectivity index (χ4v) is 5.07. The van der Waals surface area contributed by atoms with E-state index in [-0.39, 0.29) is 19.5 Å². The van der Waals surface area contributed by atoms with Crippen LogP contribution in [-0.4, -0.2) is 60.9 Å². The summed E-state index contributed by atoms with van der Waals surface area (Å²) in [5, 5.41) is 0. The maximum atomic E-state index is 13.5. The molecule has 0 saturated carbocycles. The first-order valence-corrected chi connectivity index (χ1v) is 12.9. The molecular weight excluding hydrogens is 484 g/mol. The molecule has 0 N–H and O–H groups in total. The number of hydrogen-bond donors (Lipinski definition) is 0. The normalized spacial score (nSPS) is 16.6. The number of esters is 1. The average molecular weight is 517 g/mol. The number of carbonyl (C=O) groups excluding carboxylic acids is 2. The van der Waals surface area contributed by atoms with E-state index < -0.39 is 33.9 Å². The second kappa shape index (κ2) is 11.6. The third-order valence-corrected chi connectivity index (χ3v) is 7.17. The van der Waals surface area contributed by atoms with Gasteiger partial charge in [0.05, 0.1) is 13.7 Å². The van der Waals surface area contributed by atoms with E-state index in [1.807, 2.05) is 30.3 Å². The Balaban J connectivity index is 1.79. The Morgan fingerprint density at radius 2 is 1.58 bits per heavy atom. The maximum Gasteiger partial charge on any atom is 0.425 e. The van der Waals surface area contributed by atoms with E-state index in [0.717, 1.165) is 9.87 Å². The molecular formula is C26H32N2O7S. The molecule has 1 aliphatic rings. The van der Waals surface area contributed by atoms with Gasteiger partial charge >= 0.3 is 22.3 Å². The van der Waals surface area contributed by atoms with Crippen molar-refractivity contribution in [3.05, 3.63) is 77.9 Å². The van der Waals surface area contributed by atoms with E-state index >= 15 is 0 Å². The number of carbonyl (C=O) groups is 2. The first-order chi connectivity index (χ1) is 17.0. The number of benzene rings is 2. The molecule has 1 amide bonds. The van der Waals surface area contributed by atoms with E-state index in [0.29, 0.717) is 22.2 Å². The average Bonchev–Trinajstić information content (AvgIpc) is 2.98. The molecule has 0 radical (unpaired) electrons. The largest absolute Gasteiger partial charge is 0.489 e. The molecule has 0 spiro atoms. The minimum absolute atomic E-state index is 0.0425. The fraction of sp³-hybridized carbons (Fsp3) is 0.385. The molecule has 0 aliphatic carbocycles. The van der Waals surface area contributed by atoms with Crippen molar-refractivity contribution in [1.82, 2.24) is 8.61 Å². The summed E-state index contributed by atoms with van der Waals surface area (Å²) in [6.45, 7) is 5.05. The van der Waals surface area contributed by atoms with Crippen molar-refractivity contribution >= 4 is 22.3 Å².